The molecular formula is C19H17N5OS. The van der Waals surface area contributed by atoms with Crippen LogP contribution >= 0.6 is 11.3 Å². The molecule has 0 bridgehead atoms. The molecule has 6 nitrogen and oxygen atoms in total. The van der Waals surface area contributed by atoms with Crippen molar-refractivity contribution < 1.29 is 4.79 Å². The summed E-state index contributed by atoms with van der Waals surface area (Å²) in [4.78, 5) is 32.6. The number of anilines is 1. The largest absolute Gasteiger partial charge is 0.358 e. The highest BCUT2D eigenvalue weighted by Gasteiger charge is 2.22. The molecule has 4 rings (SSSR count). The molecule has 0 saturated heterocycles. The number of rotatable bonds is 3. The highest BCUT2D eigenvalue weighted by Crippen LogP contribution is 2.35. The Labute approximate surface area is 155 Å². The lowest BCUT2D eigenvalue weighted by Crippen LogP contribution is -2.26. The van der Waals surface area contributed by atoms with E-state index in [1.165, 1.54) is 0 Å². The maximum absolute atomic E-state index is 11.6. The van der Waals surface area contributed by atoms with Gasteiger partial charge in [0.2, 0.25) is 0 Å². The predicted octanol–water partition coefficient (Wildman–Crippen LogP) is 3.47. The lowest BCUT2D eigenvalue weighted by Gasteiger charge is -2.27. The first kappa shape index (κ1) is 16.5. The van der Waals surface area contributed by atoms with E-state index < -0.39 is 0 Å². The average molecular weight is 363 g/mol. The molecule has 130 valence electrons. The van der Waals surface area contributed by atoms with Crippen molar-refractivity contribution in [1.29, 1.82) is 0 Å². The summed E-state index contributed by atoms with van der Waals surface area (Å²) in [7, 11) is 1.99. The number of thiazole rings is 1. The highest BCUT2D eigenvalue weighted by molar-refractivity contribution is 7.18. The minimum Gasteiger partial charge on any atom is -0.358 e. The van der Waals surface area contributed by atoms with Crippen LogP contribution in [0.1, 0.15) is 19.0 Å². The molecule has 4 heterocycles. The van der Waals surface area contributed by atoms with E-state index in [-0.39, 0.29) is 5.78 Å². The number of ketones is 1. The Balaban J connectivity index is 1.75. The third kappa shape index (κ3) is 3.13. The van der Waals surface area contributed by atoms with E-state index in [9.17, 15) is 4.79 Å². The van der Waals surface area contributed by atoms with Gasteiger partial charge in [0.05, 0.1) is 11.1 Å². The van der Waals surface area contributed by atoms with E-state index in [1.54, 1.807) is 42.9 Å². The molecule has 7 heteroatoms. The Morgan fingerprint density at radius 1 is 1.27 bits per heavy atom. The molecule has 0 spiro atoms. The second kappa shape index (κ2) is 6.76. The number of fused-ring (bicyclic) bond motifs is 1. The molecule has 0 atom stereocenters. The molecule has 0 fully saturated rings. The molecule has 26 heavy (non-hydrogen) atoms. The van der Waals surface area contributed by atoms with Crippen LogP contribution < -0.4 is 4.90 Å². The highest BCUT2D eigenvalue weighted by atomic mass is 32.1. The molecule has 1 aliphatic heterocycles. The molecule has 0 amide bonds. The molecular weight excluding hydrogens is 346 g/mol. The third-order valence-electron chi connectivity index (χ3n) is 4.18. The number of hydrogen-bond acceptors (Lipinski definition) is 7. The van der Waals surface area contributed by atoms with E-state index in [1.807, 2.05) is 25.4 Å². The van der Waals surface area contributed by atoms with Gasteiger partial charge in [-0.25, -0.2) is 15.0 Å². The van der Waals surface area contributed by atoms with Gasteiger partial charge in [-0.1, -0.05) is 0 Å². The molecule has 0 aromatic carbocycles. The Morgan fingerprint density at radius 3 is 2.92 bits per heavy atom. The van der Waals surface area contributed by atoms with Crippen molar-refractivity contribution in [3.8, 4) is 21.1 Å². The number of carbonyl (C=O) groups excluding carboxylic acids is 1. The van der Waals surface area contributed by atoms with Crippen molar-refractivity contribution in [2.75, 3.05) is 18.5 Å². The summed E-state index contributed by atoms with van der Waals surface area (Å²) in [5, 5.41) is 0.893. The predicted molar refractivity (Wildman–Crippen MR) is 103 cm³/mol. The number of carbonyl (C=O) groups is 1. The van der Waals surface area contributed by atoms with Crippen LogP contribution in [0, 0.1) is 0 Å². The number of pyridine rings is 1. The fourth-order valence-electron chi connectivity index (χ4n) is 2.91. The first-order valence-corrected chi connectivity index (χ1v) is 9.10. The maximum atomic E-state index is 11.6. The third-order valence-corrected chi connectivity index (χ3v) is 5.25. The zero-order valence-corrected chi connectivity index (χ0v) is 15.3. The van der Waals surface area contributed by atoms with Crippen LogP contribution in [0.5, 0.6) is 0 Å². The van der Waals surface area contributed by atoms with Crippen LogP contribution in [0.3, 0.4) is 0 Å². The lowest BCUT2D eigenvalue weighted by molar-refractivity contribution is -0.112. The molecule has 3 aromatic heterocycles. The van der Waals surface area contributed by atoms with Crippen molar-refractivity contribution in [1.82, 2.24) is 19.9 Å². The van der Waals surface area contributed by atoms with Gasteiger partial charge in [0.15, 0.2) is 11.6 Å². The molecule has 0 unspecified atom stereocenters. The van der Waals surface area contributed by atoms with Gasteiger partial charge in [-0.15, -0.1) is 11.3 Å². The quantitative estimate of drug-likeness (QED) is 0.664. The molecule has 1 aliphatic rings. The van der Waals surface area contributed by atoms with Gasteiger partial charge in [0, 0.05) is 37.7 Å². The van der Waals surface area contributed by atoms with E-state index >= 15 is 0 Å². The zero-order valence-electron chi connectivity index (χ0n) is 14.5. The Morgan fingerprint density at radius 2 is 2.15 bits per heavy atom. The second-order valence-electron chi connectivity index (χ2n) is 6.15. The van der Waals surface area contributed by atoms with Gasteiger partial charge in [0.1, 0.15) is 16.4 Å². The monoisotopic (exact) mass is 363 g/mol. The van der Waals surface area contributed by atoms with Crippen molar-refractivity contribution >= 4 is 28.5 Å². The standard InChI is InChI=1S/C19H17N5OS/c1-12(25)8-13-5-7-24(2)18-17(13)23-15(10-21-18)16-11-22-19(26-16)14-4-3-6-20-9-14/h3-4,6,8-11H,5,7H2,1-2H3/b13-8+. The Bertz CT molecular complexity index is 996. The second-order valence-corrected chi connectivity index (χ2v) is 7.18. The van der Waals surface area contributed by atoms with Gasteiger partial charge in [-0.3, -0.25) is 9.78 Å². The maximum Gasteiger partial charge on any atom is 0.154 e. The van der Waals surface area contributed by atoms with Crippen LogP contribution in [0.15, 0.2) is 43.0 Å². The molecule has 0 saturated carbocycles. The normalized spacial score (nSPS) is 15.2. The fourth-order valence-corrected chi connectivity index (χ4v) is 3.77. The first-order chi connectivity index (χ1) is 12.6. The van der Waals surface area contributed by atoms with Crippen molar-refractivity contribution in [2.45, 2.75) is 13.3 Å². The average Bonchev–Trinajstić information content (AvgIpc) is 3.14. The van der Waals surface area contributed by atoms with Crippen molar-refractivity contribution in [2.24, 2.45) is 0 Å². The molecule has 3 aromatic rings. The first-order valence-electron chi connectivity index (χ1n) is 8.28. The van der Waals surface area contributed by atoms with E-state index in [0.717, 1.165) is 51.2 Å². The van der Waals surface area contributed by atoms with Gasteiger partial charge >= 0.3 is 0 Å². The minimum atomic E-state index is 0.0272. The SMILES string of the molecule is CC(=O)/C=C1\CCN(C)c2ncc(-c3cnc(-c4cccnc4)s3)nc21. The van der Waals surface area contributed by atoms with Crippen LogP contribution in [0.25, 0.3) is 26.7 Å². The number of aromatic nitrogens is 4. The van der Waals surface area contributed by atoms with Gasteiger partial charge < -0.3 is 4.90 Å². The van der Waals surface area contributed by atoms with Crippen LogP contribution in [-0.2, 0) is 4.79 Å². The number of nitrogens with zero attached hydrogens (tertiary/aromatic N) is 5. The van der Waals surface area contributed by atoms with E-state index in [4.69, 9.17) is 4.98 Å². The van der Waals surface area contributed by atoms with Crippen LogP contribution in [0.2, 0.25) is 0 Å². The fraction of sp³-hybridized carbons (Fsp3) is 0.211. The van der Waals surface area contributed by atoms with Crippen molar-refractivity contribution in [3.63, 3.8) is 0 Å². The molecule has 0 radical (unpaired) electrons. The number of hydrogen-bond donors (Lipinski definition) is 0. The van der Waals surface area contributed by atoms with E-state index in [0.29, 0.717) is 0 Å². The summed E-state index contributed by atoms with van der Waals surface area (Å²) in [5.41, 5.74) is 3.47. The van der Waals surface area contributed by atoms with Gasteiger partial charge in [-0.05, 0) is 37.1 Å². The van der Waals surface area contributed by atoms with Crippen LogP contribution in [0.4, 0.5) is 5.82 Å². The Hall–Kier alpha value is -2.93. The smallest absolute Gasteiger partial charge is 0.154 e. The van der Waals surface area contributed by atoms with Crippen LogP contribution in [-0.4, -0.2) is 39.3 Å². The Kier molecular flexibility index (Phi) is 4.30. The summed E-state index contributed by atoms with van der Waals surface area (Å²) in [5.74, 6) is 0.837. The summed E-state index contributed by atoms with van der Waals surface area (Å²) in [6.45, 7) is 2.39. The molecule has 0 N–H and O–H groups in total. The van der Waals surface area contributed by atoms with E-state index in [2.05, 4.69) is 19.9 Å². The summed E-state index contributed by atoms with van der Waals surface area (Å²) in [6.07, 6.45) is 9.57. The van der Waals surface area contributed by atoms with Crippen molar-refractivity contribution in [3.05, 3.63) is 48.7 Å². The minimum absolute atomic E-state index is 0.0272. The summed E-state index contributed by atoms with van der Waals surface area (Å²) < 4.78 is 0. The number of allylic oxidation sites excluding steroid dienone is 1. The zero-order chi connectivity index (χ0) is 18.1. The van der Waals surface area contributed by atoms with Gasteiger partial charge in [0.25, 0.3) is 0 Å². The lowest BCUT2D eigenvalue weighted by atomic mass is 10.0. The van der Waals surface area contributed by atoms with Gasteiger partial charge in [-0.2, -0.15) is 0 Å². The molecule has 0 aliphatic carbocycles. The summed E-state index contributed by atoms with van der Waals surface area (Å²) in [6, 6.07) is 3.88. The topological polar surface area (TPSA) is 71.9 Å². The summed E-state index contributed by atoms with van der Waals surface area (Å²) >= 11 is 1.55.